The number of piperazine rings is 1. The Labute approximate surface area is 204 Å². The molecule has 176 valence electrons. The molecule has 1 aromatic heterocycles. The minimum Gasteiger partial charge on any atom is -0.495 e. The van der Waals surface area contributed by atoms with Crippen molar-refractivity contribution in [2.75, 3.05) is 52.2 Å². The predicted molar refractivity (Wildman–Crippen MR) is 135 cm³/mol. The molecule has 1 aliphatic rings. The van der Waals surface area contributed by atoms with Crippen LogP contribution in [0.3, 0.4) is 0 Å². The summed E-state index contributed by atoms with van der Waals surface area (Å²) in [6.07, 6.45) is 2.06. The van der Waals surface area contributed by atoms with Crippen LogP contribution in [0.15, 0.2) is 42.6 Å². The van der Waals surface area contributed by atoms with Crippen LogP contribution in [-0.2, 0) is 6.54 Å². The van der Waals surface area contributed by atoms with Gasteiger partial charge in [0.15, 0.2) is 5.78 Å². The smallest absolute Gasteiger partial charge is 0.167 e. The molecule has 1 aliphatic heterocycles. The van der Waals surface area contributed by atoms with Gasteiger partial charge in [0.25, 0.3) is 0 Å². The number of Topliss-reactive ketones (excluding diaryl/α,β-unsaturated/α-hetero) is 1. The second-order valence-electron chi connectivity index (χ2n) is 8.53. The lowest BCUT2D eigenvalue weighted by Crippen LogP contribution is -2.45. The van der Waals surface area contributed by atoms with Gasteiger partial charge in [0.05, 0.1) is 40.5 Å². The maximum absolute atomic E-state index is 13.3. The number of ketones is 1. The molecule has 4 rings (SSSR count). The third kappa shape index (κ3) is 5.48. The molecule has 0 radical (unpaired) electrons. The summed E-state index contributed by atoms with van der Waals surface area (Å²) in [5, 5.41) is 14.1. The van der Waals surface area contributed by atoms with Crippen molar-refractivity contribution in [3.8, 4) is 11.8 Å². The lowest BCUT2D eigenvalue weighted by Gasteiger charge is -2.32. The lowest BCUT2D eigenvalue weighted by molar-refractivity contribution is 0.0942. The van der Waals surface area contributed by atoms with Crippen molar-refractivity contribution in [2.24, 2.45) is 0 Å². The van der Waals surface area contributed by atoms with Gasteiger partial charge in [-0.25, -0.2) is 0 Å². The van der Waals surface area contributed by atoms with Crippen molar-refractivity contribution in [1.29, 1.82) is 5.26 Å². The summed E-state index contributed by atoms with van der Waals surface area (Å²) in [4.78, 5) is 22.4. The summed E-state index contributed by atoms with van der Waals surface area (Å²) in [6, 6.07) is 13.1. The van der Waals surface area contributed by atoms with E-state index in [-0.39, 0.29) is 5.78 Å². The molecule has 2 heterocycles. The van der Waals surface area contributed by atoms with Crippen LogP contribution in [0.1, 0.15) is 27.9 Å². The number of benzene rings is 2. The Morgan fingerprint density at radius 2 is 2.00 bits per heavy atom. The monoisotopic (exact) mass is 477 g/mol. The molecule has 2 aromatic carbocycles. The van der Waals surface area contributed by atoms with Crippen molar-refractivity contribution >= 4 is 34.0 Å². The van der Waals surface area contributed by atoms with Gasteiger partial charge in [0.1, 0.15) is 5.75 Å². The highest BCUT2D eigenvalue weighted by Gasteiger charge is 2.19. The van der Waals surface area contributed by atoms with E-state index in [4.69, 9.17) is 16.3 Å². The number of fused-ring (bicyclic) bond motifs is 1. The number of rotatable bonds is 8. The number of carbonyl (C=O) groups is 1. The first-order chi connectivity index (χ1) is 16.5. The number of anilines is 1. The topological polar surface area (TPSA) is 81.5 Å². The van der Waals surface area contributed by atoms with Gasteiger partial charge in [0, 0.05) is 57.3 Å². The minimum absolute atomic E-state index is 0.0333. The lowest BCUT2D eigenvalue weighted by atomic mass is 10.0. The van der Waals surface area contributed by atoms with E-state index < -0.39 is 0 Å². The Hall–Kier alpha value is -3.18. The summed E-state index contributed by atoms with van der Waals surface area (Å²) in [7, 11) is 3.70. The second kappa shape index (κ2) is 10.8. The number of hydrogen-bond donors (Lipinski definition) is 1. The molecule has 0 aliphatic carbocycles. The average molecular weight is 478 g/mol. The number of nitrogens with zero attached hydrogens (tertiary/aromatic N) is 4. The Morgan fingerprint density at radius 1 is 1.21 bits per heavy atom. The van der Waals surface area contributed by atoms with Crippen LogP contribution in [-0.4, -0.2) is 67.4 Å². The van der Waals surface area contributed by atoms with E-state index in [1.807, 2.05) is 24.3 Å². The quantitative estimate of drug-likeness (QED) is 0.487. The average Bonchev–Trinajstić information content (AvgIpc) is 2.86. The molecule has 1 saturated heterocycles. The number of hydrogen-bond acceptors (Lipinski definition) is 7. The third-order valence-electron chi connectivity index (χ3n) is 6.23. The zero-order valence-corrected chi connectivity index (χ0v) is 20.2. The van der Waals surface area contributed by atoms with Crippen LogP contribution >= 0.6 is 11.6 Å². The predicted octanol–water partition coefficient (Wildman–Crippen LogP) is 4.20. The fourth-order valence-corrected chi connectivity index (χ4v) is 4.42. The summed E-state index contributed by atoms with van der Waals surface area (Å²) in [5.41, 5.74) is 3.42. The Balaban J connectivity index is 1.60. The van der Waals surface area contributed by atoms with Crippen LogP contribution in [0.2, 0.25) is 5.02 Å². The molecule has 34 heavy (non-hydrogen) atoms. The Morgan fingerprint density at radius 3 is 2.71 bits per heavy atom. The number of carbonyl (C=O) groups excluding carboxylic acids is 1. The number of likely N-dealkylation sites (N-methyl/N-ethyl adjacent to an activating group) is 1. The SMILES string of the molecule is COc1ccc(CNc2c(C(=O)CCN3CCN(C)CC3)cnc3ccc(C#N)cc23)cc1Cl. The first-order valence-corrected chi connectivity index (χ1v) is 11.7. The van der Waals surface area contributed by atoms with E-state index in [1.165, 1.54) is 0 Å². The molecule has 0 bridgehead atoms. The molecule has 0 atom stereocenters. The second-order valence-corrected chi connectivity index (χ2v) is 8.94. The van der Waals surface area contributed by atoms with Gasteiger partial charge in [0.2, 0.25) is 0 Å². The summed E-state index contributed by atoms with van der Waals surface area (Å²) >= 11 is 6.29. The highest BCUT2D eigenvalue weighted by Crippen LogP contribution is 2.30. The highest BCUT2D eigenvalue weighted by molar-refractivity contribution is 6.32. The number of ether oxygens (including phenoxy) is 1. The zero-order chi connectivity index (χ0) is 24.1. The summed E-state index contributed by atoms with van der Waals surface area (Å²) in [6.45, 7) is 5.14. The van der Waals surface area contributed by atoms with Crippen molar-refractivity contribution in [3.05, 3.63) is 64.3 Å². The zero-order valence-electron chi connectivity index (χ0n) is 19.5. The molecule has 0 saturated carbocycles. The fraction of sp³-hybridized carbons (Fsp3) is 0.346. The first kappa shape index (κ1) is 24.0. The molecule has 1 fully saturated rings. The molecular formula is C26H28ClN5O2. The van der Waals surface area contributed by atoms with E-state index in [2.05, 4.69) is 33.2 Å². The molecule has 0 spiro atoms. The first-order valence-electron chi connectivity index (χ1n) is 11.3. The minimum atomic E-state index is 0.0333. The molecule has 1 N–H and O–H groups in total. The molecule has 8 heteroatoms. The van der Waals surface area contributed by atoms with Crippen LogP contribution < -0.4 is 10.1 Å². The highest BCUT2D eigenvalue weighted by atomic mass is 35.5. The van der Waals surface area contributed by atoms with E-state index >= 15 is 0 Å². The number of pyridine rings is 1. The molecule has 3 aromatic rings. The van der Waals surface area contributed by atoms with Crippen molar-refractivity contribution in [2.45, 2.75) is 13.0 Å². The van der Waals surface area contributed by atoms with Gasteiger partial charge in [-0.1, -0.05) is 17.7 Å². The summed E-state index contributed by atoms with van der Waals surface area (Å²) in [5.74, 6) is 0.643. The molecule has 0 amide bonds. The maximum Gasteiger partial charge on any atom is 0.167 e. The number of nitrogens with one attached hydrogen (secondary N) is 1. The number of halogens is 1. The van der Waals surface area contributed by atoms with E-state index in [0.29, 0.717) is 40.6 Å². The molecule has 7 nitrogen and oxygen atoms in total. The number of methoxy groups -OCH3 is 1. The van der Waals surface area contributed by atoms with Gasteiger partial charge in [-0.2, -0.15) is 5.26 Å². The van der Waals surface area contributed by atoms with Crippen molar-refractivity contribution in [1.82, 2.24) is 14.8 Å². The van der Waals surface area contributed by atoms with Crippen LogP contribution in [0.25, 0.3) is 10.9 Å². The van der Waals surface area contributed by atoms with Crippen LogP contribution in [0, 0.1) is 11.3 Å². The standard InChI is InChI=1S/C26H28ClN5O2/c1-31-9-11-32(12-10-31)8-7-24(33)21-17-29-23-5-3-18(15-28)13-20(23)26(21)30-16-19-4-6-25(34-2)22(27)14-19/h3-6,13-14,17H,7-12,16H2,1-2H3,(H,29,30). The van der Waals surface area contributed by atoms with Gasteiger partial charge in [-0.05, 0) is 42.9 Å². The van der Waals surface area contributed by atoms with E-state index in [0.717, 1.165) is 49.2 Å². The van der Waals surface area contributed by atoms with Crippen LogP contribution in [0.4, 0.5) is 5.69 Å². The number of nitriles is 1. The van der Waals surface area contributed by atoms with Crippen LogP contribution in [0.5, 0.6) is 5.75 Å². The van der Waals surface area contributed by atoms with Gasteiger partial charge in [-0.15, -0.1) is 0 Å². The molecule has 0 unspecified atom stereocenters. The van der Waals surface area contributed by atoms with E-state index in [1.54, 1.807) is 25.4 Å². The van der Waals surface area contributed by atoms with Crippen molar-refractivity contribution in [3.63, 3.8) is 0 Å². The van der Waals surface area contributed by atoms with Gasteiger partial charge >= 0.3 is 0 Å². The largest absolute Gasteiger partial charge is 0.495 e. The molecular weight excluding hydrogens is 450 g/mol. The number of aromatic nitrogens is 1. The third-order valence-corrected chi connectivity index (χ3v) is 6.53. The maximum atomic E-state index is 13.3. The van der Waals surface area contributed by atoms with Gasteiger partial charge in [-0.3, -0.25) is 9.78 Å². The van der Waals surface area contributed by atoms with Gasteiger partial charge < -0.3 is 19.9 Å². The Kier molecular flexibility index (Phi) is 7.63. The fourth-order valence-electron chi connectivity index (χ4n) is 4.14. The van der Waals surface area contributed by atoms with E-state index in [9.17, 15) is 10.1 Å². The normalized spacial score (nSPS) is 14.6. The summed E-state index contributed by atoms with van der Waals surface area (Å²) < 4.78 is 5.24. The Bertz CT molecular complexity index is 1230. The van der Waals surface area contributed by atoms with Crippen molar-refractivity contribution < 1.29 is 9.53 Å².